The Labute approximate surface area is 547 Å². The predicted octanol–water partition coefficient (Wildman–Crippen LogP) is 20.4. The molecule has 482 valence electrons. The normalized spacial score (nSPS) is 14.2. The number of benzene rings is 7. The molecule has 7 aromatic rings. The van der Waals surface area contributed by atoms with E-state index < -0.39 is 0 Å². The molecule has 0 aliphatic carbocycles. The van der Waals surface area contributed by atoms with Crippen LogP contribution in [0.4, 0.5) is 0 Å². The van der Waals surface area contributed by atoms with Crippen LogP contribution in [0.5, 0.6) is 40.2 Å². The second kappa shape index (κ2) is 25.9. The first kappa shape index (κ1) is 67.9. The Morgan fingerprint density at radius 2 is 0.478 bits per heavy atom. The third-order valence-electron chi connectivity index (χ3n) is 18.1. The van der Waals surface area contributed by atoms with E-state index in [0.29, 0.717) is 69.8 Å². The summed E-state index contributed by atoms with van der Waals surface area (Å²) in [5.74, 6) is 5.21. The Kier molecular flexibility index (Phi) is 19.5. The molecular formula is C82H106O7S. The van der Waals surface area contributed by atoms with Gasteiger partial charge in [-0.1, -0.05) is 197 Å². The fraction of sp³-hybridized carbons (Fsp3) is 0.488. The summed E-state index contributed by atoms with van der Waals surface area (Å²) in [6.45, 7) is 52.1. The van der Waals surface area contributed by atoms with Crippen LogP contribution in [-0.2, 0) is 84.2 Å². The standard InChI is InChI=1S/C82H106O7S/c1-23-84-70-49-27-50-34-64(78(8,9)10)38-54(71(50)85-24-2)30-59-43-68(82(20,21)22)44-60-32-56-40-66(80(14,15)16)36-52(73(56)87-26-4)28-51-35-65(79(11,12)13)39-55(72(51)86-25-3)31-58-42-67(81(17,18)19)41-57(29-53(70)37-63(33-49)77(5,6)7)74(58)88-47-61-45-69(83)46-62(76(61)90)48-89-75(59)60/h33-46,83,90H,23-32,47-48H2,1-22H3. The van der Waals surface area contributed by atoms with Gasteiger partial charge in [0.15, 0.2) is 0 Å². The van der Waals surface area contributed by atoms with E-state index in [1.807, 2.05) is 0 Å². The summed E-state index contributed by atoms with van der Waals surface area (Å²) >= 11 is 5.38. The molecule has 0 amide bonds. The Hall–Kier alpha value is -6.51. The van der Waals surface area contributed by atoms with Crippen molar-refractivity contribution in [2.45, 2.75) is 241 Å². The minimum Gasteiger partial charge on any atom is -0.508 e. The minimum absolute atomic E-state index is 0.114. The first-order valence-electron chi connectivity index (χ1n) is 33.3. The van der Waals surface area contributed by atoms with Gasteiger partial charge in [0.1, 0.15) is 53.5 Å². The van der Waals surface area contributed by atoms with Gasteiger partial charge in [-0.25, -0.2) is 0 Å². The van der Waals surface area contributed by atoms with Crippen molar-refractivity contribution in [3.05, 3.63) is 196 Å². The van der Waals surface area contributed by atoms with Gasteiger partial charge in [0.2, 0.25) is 0 Å². The summed E-state index contributed by atoms with van der Waals surface area (Å²) in [6.07, 6.45) is 3.23. The molecule has 7 aromatic carbocycles. The zero-order chi connectivity index (χ0) is 65.8. The highest BCUT2D eigenvalue weighted by atomic mass is 32.1. The maximum atomic E-state index is 11.9. The quantitative estimate of drug-likeness (QED) is 0.147. The highest BCUT2D eigenvalue weighted by molar-refractivity contribution is 7.80. The van der Waals surface area contributed by atoms with Crippen molar-refractivity contribution in [1.29, 1.82) is 0 Å². The summed E-state index contributed by atoms with van der Waals surface area (Å²) in [6, 6.07) is 32.2. The van der Waals surface area contributed by atoms with Crippen molar-refractivity contribution in [2.75, 3.05) is 26.4 Å². The van der Waals surface area contributed by atoms with Gasteiger partial charge >= 0.3 is 0 Å². The first-order chi connectivity index (χ1) is 42.0. The van der Waals surface area contributed by atoms with E-state index in [1.54, 1.807) is 12.1 Å². The lowest BCUT2D eigenvalue weighted by atomic mass is 9.79. The van der Waals surface area contributed by atoms with Gasteiger partial charge < -0.3 is 33.5 Å². The molecule has 90 heavy (non-hydrogen) atoms. The number of hydrogen-bond donors (Lipinski definition) is 2. The monoisotopic (exact) mass is 1230 g/mol. The van der Waals surface area contributed by atoms with Gasteiger partial charge in [-0.05, 0) is 172 Å². The largest absolute Gasteiger partial charge is 0.508 e. The van der Waals surface area contributed by atoms with E-state index in [1.165, 1.54) is 33.4 Å². The van der Waals surface area contributed by atoms with E-state index in [4.69, 9.17) is 41.0 Å². The first-order valence-corrected chi connectivity index (χ1v) is 33.7. The van der Waals surface area contributed by atoms with Gasteiger partial charge in [-0.3, -0.25) is 0 Å². The zero-order valence-electron chi connectivity index (χ0n) is 58.9. The molecule has 1 N–H and O–H groups in total. The number of phenolic OH excluding ortho intramolecular Hbond substituents is 1. The lowest BCUT2D eigenvalue weighted by Crippen LogP contribution is -2.18. The van der Waals surface area contributed by atoms with Crippen molar-refractivity contribution in [3.8, 4) is 40.2 Å². The number of hydrogen-bond acceptors (Lipinski definition) is 8. The highest BCUT2D eigenvalue weighted by Crippen LogP contribution is 2.47. The summed E-state index contributed by atoms with van der Waals surface area (Å²) in [7, 11) is 0. The van der Waals surface area contributed by atoms with Crippen LogP contribution in [0.25, 0.3) is 0 Å². The summed E-state index contributed by atoms with van der Waals surface area (Å²) in [4.78, 5) is 0.699. The van der Waals surface area contributed by atoms with Gasteiger partial charge in [-0.2, -0.15) is 0 Å². The van der Waals surface area contributed by atoms with Crippen molar-refractivity contribution < 1.29 is 33.5 Å². The molecular weight excluding hydrogens is 1130 g/mol. The summed E-state index contributed by atoms with van der Waals surface area (Å²) in [5.41, 5.74) is 20.4. The van der Waals surface area contributed by atoms with Crippen LogP contribution in [0.2, 0.25) is 0 Å². The van der Waals surface area contributed by atoms with Crippen LogP contribution < -0.4 is 28.4 Å². The molecule has 12 bridgehead atoms. The third kappa shape index (κ3) is 15.0. The maximum absolute atomic E-state index is 11.9. The van der Waals surface area contributed by atoms with Gasteiger partial charge in [0.25, 0.3) is 0 Å². The molecule has 7 nitrogen and oxygen atoms in total. The Bertz CT molecular complexity index is 3360. The van der Waals surface area contributed by atoms with Crippen LogP contribution in [0.1, 0.15) is 264 Å². The maximum Gasteiger partial charge on any atom is 0.126 e. The molecule has 0 aromatic heterocycles. The van der Waals surface area contributed by atoms with Crippen LogP contribution >= 0.6 is 12.6 Å². The second-order valence-electron chi connectivity index (χ2n) is 31.7. The van der Waals surface area contributed by atoms with E-state index in [2.05, 4.69) is 225 Å². The molecule has 2 heterocycles. The van der Waals surface area contributed by atoms with Crippen molar-refractivity contribution in [2.24, 2.45) is 0 Å². The lowest BCUT2D eigenvalue weighted by molar-refractivity contribution is 0.286. The SMILES string of the molecule is CCOc1c2cc(C(C)(C)C)cc1Cc1cc(C(C)(C)C)cc3c1OCc1cc(O)cc(c1S)COc1c(cc(C(C)(C)C)cc1Cc1cc(C(C)(C)C)cc(c1OCC)Cc1cc(C(C)(C)C)cc(c1OCC)C3)Cc1cc(C(C)(C)C)cc(c1OCC)C2. The predicted molar refractivity (Wildman–Crippen MR) is 376 cm³/mol. The van der Waals surface area contributed by atoms with Gasteiger partial charge in [-0.15, -0.1) is 12.6 Å². The Morgan fingerprint density at radius 1 is 0.300 bits per heavy atom. The molecule has 0 atom stereocenters. The second-order valence-corrected chi connectivity index (χ2v) is 32.2. The molecule has 0 fully saturated rings. The zero-order valence-corrected chi connectivity index (χ0v) is 59.8. The number of aromatic hydroxyl groups is 1. The fourth-order valence-corrected chi connectivity index (χ4v) is 13.1. The fourth-order valence-electron chi connectivity index (χ4n) is 12.9. The van der Waals surface area contributed by atoms with Gasteiger partial charge in [0.05, 0.1) is 26.4 Å². The van der Waals surface area contributed by atoms with Gasteiger partial charge in [0, 0.05) is 54.5 Å². The van der Waals surface area contributed by atoms with Crippen LogP contribution in [0.15, 0.2) is 89.8 Å². The van der Waals surface area contributed by atoms with Crippen LogP contribution in [0, 0.1) is 0 Å². The lowest BCUT2D eigenvalue weighted by Gasteiger charge is -2.29. The van der Waals surface area contributed by atoms with E-state index in [-0.39, 0.29) is 51.5 Å². The van der Waals surface area contributed by atoms with Crippen LogP contribution in [-0.4, -0.2) is 31.5 Å². The average molecular weight is 1240 g/mol. The topological polar surface area (TPSA) is 75.6 Å². The number of fused-ring (bicyclic) bond motifs is 10. The van der Waals surface area contributed by atoms with Crippen LogP contribution in [0.3, 0.4) is 0 Å². The van der Waals surface area contributed by atoms with Crippen molar-refractivity contribution in [1.82, 2.24) is 0 Å². The molecule has 0 spiro atoms. The Balaban J connectivity index is 1.53. The number of rotatable bonds is 8. The smallest absolute Gasteiger partial charge is 0.126 e. The highest BCUT2D eigenvalue weighted by Gasteiger charge is 2.32. The molecule has 0 unspecified atom stereocenters. The average Bonchev–Trinajstić information content (AvgIpc) is 0.794. The molecule has 0 radical (unpaired) electrons. The van der Waals surface area contributed by atoms with E-state index in [0.717, 1.165) is 112 Å². The van der Waals surface area contributed by atoms with Crippen molar-refractivity contribution in [3.63, 3.8) is 0 Å². The summed E-state index contributed by atoms with van der Waals surface area (Å²) < 4.78 is 43.3. The number of thiol groups is 1. The number of phenols is 1. The molecule has 2 aliphatic heterocycles. The summed E-state index contributed by atoms with van der Waals surface area (Å²) in [5, 5.41) is 11.9. The molecule has 2 aliphatic rings. The van der Waals surface area contributed by atoms with E-state index >= 15 is 0 Å². The Morgan fingerprint density at radius 3 is 0.656 bits per heavy atom. The molecule has 0 saturated heterocycles. The third-order valence-corrected chi connectivity index (χ3v) is 18.7. The molecule has 9 rings (SSSR count). The minimum atomic E-state index is -0.248. The van der Waals surface area contributed by atoms with Crippen molar-refractivity contribution >= 4 is 12.6 Å². The number of ether oxygens (including phenoxy) is 6. The molecule has 8 heteroatoms. The van der Waals surface area contributed by atoms with E-state index in [9.17, 15) is 5.11 Å². The molecule has 0 saturated carbocycles.